The van der Waals surface area contributed by atoms with Crippen LogP contribution in [0.4, 0.5) is 10.5 Å². The second-order valence-corrected chi connectivity index (χ2v) is 10.3. The van der Waals surface area contributed by atoms with Crippen LogP contribution in [0, 0.1) is 0 Å². The topological polar surface area (TPSA) is 82.6 Å². The van der Waals surface area contributed by atoms with Crippen molar-refractivity contribution in [3.05, 3.63) is 24.3 Å². The lowest BCUT2D eigenvalue weighted by molar-refractivity contribution is 0.147. The fourth-order valence-corrected chi connectivity index (χ4v) is 4.43. The van der Waals surface area contributed by atoms with Gasteiger partial charge >= 0.3 is 6.03 Å². The molecule has 6 heteroatoms. The van der Waals surface area contributed by atoms with Gasteiger partial charge in [-0.05, 0) is 49.9 Å². The molecule has 6 nitrogen and oxygen atoms in total. The molecule has 0 bridgehead atoms. The number of urea groups is 1. The lowest BCUT2D eigenvalue weighted by atomic mass is 10.0. The van der Waals surface area contributed by atoms with Gasteiger partial charge in [0.25, 0.3) is 0 Å². The SMILES string of the molecule is CCCCCCCCCCCCCCCCCCNC(=O)NCCCCCOCNc1ccc(O)cc1. The first-order chi connectivity index (χ1) is 18.2. The number of anilines is 1. The van der Waals surface area contributed by atoms with Crippen LogP contribution in [0.15, 0.2) is 24.3 Å². The van der Waals surface area contributed by atoms with Gasteiger partial charge in [0.1, 0.15) is 12.5 Å². The normalized spacial score (nSPS) is 10.9. The van der Waals surface area contributed by atoms with Crippen LogP contribution in [0.5, 0.6) is 5.75 Å². The molecule has 1 rings (SSSR count). The summed E-state index contributed by atoms with van der Waals surface area (Å²) in [5.74, 6) is 0.258. The molecule has 0 saturated carbocycles. The van der Waals surface area contributed by atoms with E-state index in [1.54, 1.807) is 12.1 Å². The van der Waals surface area contributed by atoms with Crippen LogP contribution in [0.1, 0.15) is 129 Å². The number of nitrogens with one attached hydrogen (secondary N) is 3. The molecule has 37 heavy (non-hydrogen) atoms. The zero-order chi connectivity index (χ0) is 26.7. The van der Waals surface area contributed by atoms with Crippen molar-refractivity contribution in [2.75, 3.05) is 31.7 Å². The Kier molecular flexibility index (Phi) is 23.0. The number of unbranched alkanes of at least 4 members (excludes halogenated alkanes) is 17. The molecule has 0 radical (unpaired) electrons. The van der Waals surface area contributed by atoms with E-state index in [2.05, 4.69) is 22.9 Å². The van der Waals surface area contributed by atoms with E-state index in [1.165, 1.54) is 96.3 Å². The predicted octanol–water partition coefficient (Wildman–Crippen LogP) is 8.51. The van der Waals surface area contributed by atoms with Gasteiger partial charge < -0.3 is 25.8 Å². The van der Waals surface area contributed by atoms with Crippen LogP contribution in [-0.4, -0.2) is 37.6 Å². The molecule has 0 aliphatic heterocycles. The third-order valence-corrected chi connectivity index (χ3v) is 6.81. The van der Waals surface area contributed by atoms with Gasteiger partial charge in [0, 0.05) is 25.4 Å². The monoisotopic (exact) mass is 519 g/mol. The molecular weight excluding hydrogens is 462 g/mol. The molecule has 1 aromatic rings. The maximum absolute atomic E-state index is 11.9. The summed E-state index contributed by atoms with van der Waals surface area (Å²) in [6.07, 6.45) is 24.8. The van der Waals surface area contributed by atoms with Crippen LogP contribution in [-0.2, 0) is 4.74 Å². The van der Waals surface area contributed by atoms with Gasteiger partial charge in [-0.3, -0.25) is 0 Å². The van der Waals surface area contributed by atoms with E-state index in [1.807, 2.05) is 12.1 Å². The highest BCUT2D eigenvalue weighted by atomic mass is 16.5. The quantitative estimate of drug-likeness (QED) is 0.0561. The Morgan fingerprint density at radius 3 is 1.57 bits per heavy atom. The largest absolute Gasteiger partial charge is 0.508 e. The molecule has 0 aromatic heterocycles. The summed E-state index contributed by atoms with van der Waals surface area (Å²) >= 11 is 0. The molecule has 0 heterocycles. The van der Waals surface area contributed by atoms with Crippen molar-refractivity contribution in [3.8, 4) is 5.75 Å². The molecule has 0 fully saturated rings. The van der Waals surface area contributed by atoms with Gasteiger partial charge in [0.15, 0.2) is 0 Å². The Labute approximate surface area is 227 Å². The van der Waals surface area contributed by atoms with Gasteiger partial charge in [-0.15, -0.1) is 0 Å². The third kappa shape index (κ3) is 22.9. The van der Waals surface area contributed by atoms with E-state index >= 15 is 0 Å². The predicted molar refractivity (Wildman–Crippen MR) is 157 cm³/mol. The van der Waals surface area contributed by atoms with E-state index in [4.69, 9.17) is 4.74 Å². The molecule has 0 aliphatic rings. The maximum Gasteiger partial charge on any atom is 0.314 e. The summed E-state index contributed by atoms with van der Waals surface area (Å²) in [6, 6.07) is 6.88. The standard InChI is InChI=1S/C31H57N3O3/c1-2-3-4-5-6-7-8-9-10-11-12-13-14-15-16-18-25-32-31(36)33-26-19-17-20-27-37-28-34-29-21-23-30(35)24-22-29/h21-24,34-35H,2-20,25-28H2,1H3,(H2,32,33,36). The van der Waals surface area contributed by atoms with Gasteiger partial charge in [-0.2, -0.15) is 0 Å². The summed E-state index contributed by atoms with van der Waals surface area (Å²) in [5, 5.41) is 18.3. The number of benzene rings is 1. The minimum atomic E-state index is -0.0460. The first kappa shape index (κ1) is 33.1. The van der Waals surface area contributed by atoms with Crippen LogP contribution >= 0.6 is 0 Å². The number of aromatic hydroxyl groups is 1. The Hall–Kier alpha value is -1.95. The van der Waals surface area contributed by atoms with Crippen molar-refractivity contribution in [2.24, 2.45) is 0 Å². The zero-order valence-corrected chi connectivity index (χ0v) is 23.8. The Balaban J connectivity index is 1.72. The summed E-state index contributed by atoms with van der Waals surface area (Å²) < 4.78 is 5.57. The van der Waals surface area contributed by atoms with Crippen LogP contribution in [0.3, 0.4) is 0 Å². The minimum Gasteiger partial charge on any atom is -0.508 e. The van der Waals surface area contributed by atoms with Crippen LogP contribution in [0.2, 0.25) is 0 Å². The van der Waals surface area contributed by atoms with Crippen LogP contribution < -0.4 is 16.0 Å². The van der Waals surface area contributed by atoms with E-state index in [0.717, 1.165) is 37.9 Å². The summed E-state index contributed by atoms with van der Waals surface area (Å²) in [4.78, 5) is 11.9. The number of phenolic OH excluding ortho intramolecular Hbond substituents is 1. The lowest BCUT2D eigenvalue weighted by Crippen LogP contribution is -2.36. The number of phenols is 1. The number of hydrogen-bond donors (Lipinski definition) is 4. The lowest BCUT2D eigenvalue weighted by Gasteiger charge is -2.09. The summed E-state index contributed by atoms with van der Waals surface area (Å²) in [6.45, 7) is 4.90. The average molecular weight is 520 g/mol. The van der Waals surface area contributed by atoms with Crippen molar-refractivity contribution < 1.29 is 14.6 Å². The van der Waals surface area contributed by atoms with Crippen LogP contribution in [0.25, 0.3) is 0 Å². The van der Waals surface area contributed by atoms with E-state index < -0.39 is 0 Å². The fraction of sp³-hybridized carbons (Fsp3) is 0.774. The molecule has 4 N–H and O–H groups in total. The molecule has 0 aliphatic carbocycles. The highest BCUT2D eigenvalue weighted by Gasteiger charge is 1.99. The Bertz CT molecular complexity index is 625. The molecule has 214 valence electrons. The zero-order valence-electron chi connectivity index (χ0n) is 23.8. The van der Waals surface area contributed by atoms with E-state index in [0.29, 0.717) is 19.9 Å². The molecule has 0 unspecified atom stereocenters. The van der Waals surface area contributed by atoms with Crippen molar-refractivity contribution in [1.29, 1.82) is 0 Å². The number of rotatable bonds is 26. The smallest absolute Gasteiger partial charge is 0.314 e. The Morgan fingerprint density at radius 1 is 0.649 bits per heavy atom. The molecule has 0 spiro atoms. The highest BCUT2D eigenvalue weighted by Crippen LogP contribution is 2.14. The van der Waals surface area contributed by atoms with Gasteiger partial charge in [0.05, 0.1) is 0 Å². The molecular formula is C31H57N3O3. The molecule has 2 amide bonds. The van der Waals surface area contributed by atoms with Gasteiger partial charge in [-0.25, -0.2) is 4.79 Å². The first-order valence-corrected chi connectivity index (χ1v) is 15.3. The number of amides is 2. The fourth-order valence-electron chi connectivity index (χ4n) is 4.43. The second-order valence-electron chi connectivity index (χ2n) is 10.3. The van der Waals surface area contributed by atoms with Crippen molar-refractivity contribution >= 4 is 11.7 Å². The second kappa shape index (κ2) is 25.7. The average Bonchev–Trinajstić information content (AvgIpc) is 2.90. The molecule has 0 saturated heterocycles. The number of hydrogen-bond acceptors (Lipinski definition) is 4. The van der Waals surface area contributed by atoms with Crippen molar-refractivity contribution in [3.63, 3.8) is 0 Å². The summed E-state index contributed by atoms with van der Waals surface area (Å²) in [7, 11) is 0. The third-order valence-electron chi connectivity index (χ3n) is 6.81. The van der Waals surface area contributed by atoms with Crippen molar-refractivity contribution in [2.45, 2.75) is 129 Å². The number of carbonyl (C=O) groups is 1. The molecule has 0 atom stereocenters. The Morgan fingerprint density at radius 2 is 1.08 bits per heavy atom. The molecule has 1 aromatic carbocycles. The minimum absolute atomic E-state index is 0.0460. The van der Waals surface area contributed by atoms with Gasteiger partial charge in [-0.1, -0.05) is 103 Å². The maximum atomic E-state index is 11.9. The number of carbonyl (C=O) groups excluding carboxylic acids is 1. The van der Waals surface area contributed by atoms with E-state index in [-0.39, 0.29) is 11.8 Å². The van der Waals surface area contributed by atoms with Gasteiger partial charge in [0.2, 0.25) is 0 Å². The van der Waals surface area contributed by atoms with Crippen molar-refractivity contribution in [1.82, 2.24) is 10.6 Å². The summed E-state index contributed by atoms with van der Waals surface area (Å²) in [5.41, 5.74) is 0.924. The van der Waals surface area contributed by atoms with E-state index in [9.17, 15) is 9.90 Å². The highest BCUT2D eigenvalue weighted by molar-refractivity contribution is 5.73. The first-order valence-electron chi connectivity index (χ1n) is 15.3. The number of ether oxygens (including phenoxy) is 1.